The zero-order valence-electron chi connectivity index (χ0n) is 20.7. The van der Waals surface area contributed by atoms with Crippen molar-refractivity contribution in [3.05, 3.63) is 135 Å². The van der Waals surface area contributed by atoms with Crippen molar-refractivity contribution in [3.63, 3.8) is 0 Å². The summed E-state index contributed by atoms with van der Waals surface area (Å²) in [5.41, 5.74) is 6.75. The number of hydrogen-bond acceptors (Lipinski definition) is 5. The Morgan fingerprint density at radius 3 is 2.05 bits per heavy atom. The van der Waals surface area contributed by atoms with Crippen molar-refractivity contribution in [2.45, 2.75) is 12.3 Å². The lowest BCUT2D eigenvalue weighted by atomic mass is 9.84. The van der Waals surface area contributed by atoms with Crippen LogP contribution in [0.4, 0.5) is 5.69 Å². The number of anilines is 1. The molecule has 1 N–H and O–H groups in total. The van der Waals surface area contributed by atoms with Gasteiger partial charge >= 0.3 is 5.97 Å². The number of carbonyl (C=O) groups is 1. The first-order valence-electron chi connectivity index (χ1n) is 12.2. The summed E-state index contributed by atoms with van der Waals surface area (Å²) in [6.07, 6.45) is 2.54. The summed E-state index contributed by atoms with van der Waals surface area (Å²) in [6.45, 7) is 0.695. The Balaban J connectivity index is 1.43. The van der Waals surface area contributed by atoms with E-state index in [0.717, 1.165) is 45.3 Å². The minimum atomic E-state index is -0.338. The number of nitrogens with zero attached hydrogens (tertiary/aromatic N) is 2. The molecule has 5 rings (SSSR count). The molecule has 0 aliphatic rings. The zero-order chi connectivity index (χ0) is 26.5. The van der Waals surface area contributed by atoms with Gasteiger partial charge in [0.15, 0.2) is 0 Å². The van der Waals surface area contributed by atoms with Crippen molar-refractivity contribution in [3.8, 4) is 0 Å². The normalized spacial score (nSPS) is 11.1. The van der Waals surface area contributed by atoms with Gasteiger partial charge < -0.3 is 10.1 Å². The van der Waals surface area contributed by atoms with Crippen LogP contribution in [0, 0.1) is 0 Å². The first-order valence-corrected chi connectivity index (χ1v) is 12.9. The number of esters is 1. The van der Waals surface area contributed by atoms with Crippen LogP contribution in [0.15, 0.2) is 97.2 Å². The van der Waals surface area contributed by atoms with E-state index in [1.54, 1.807) is 18.3 Å². The van der Waals surface area contributed by atoms with Crippen molar-refractivity contribution in [2.24, 2.45) is 0 Å². The molecule has 0 amide bonds. The Hall–Kier alpha value is -3.93. The number of carbonyl (C=O) groups excluding carboxylic acids is 1. The summed E-state index contributed by atoms with van der Waals surface area (Å²) in [5.74, 6) is -0.349. The van der Waals surface area contributed by atoms with E-state index in [2.05, 4.69) is 51.9 Å². The lowest BCUT2D eigenvalue weighted by Crippen LogP contribution is -2.08. The topological polar surface area (TPSA) is 64.1 Å². The maximum Gasteiger partial charge on any atom is 0.337 e. The average Bonchev–Trinajstić information content (AvgIpc) is 2.95. The summed E-state index contributed by atoms with van der Waals surface area (Å²) < 4.78 is 4.77. The maximum absolute atomic E-state index is 11.7. The van der Waals surface area contributed by atoms with Gasteiger partial charge in [-0.1, -0.05) is 65.7 Å². The average molecular weight is 542 g/mol. The Labute approximate surface area is 231 Å². The molecule has 1 aromatic heterocycles. The fourth-order valence-electron chi connectivity index (χ4n) is 4.55. The highest BCUT2D eigenvalue weighted by Gasteiger charge is 2.18. The quantitative estimate of drug-likeness (QED) is 0.162. The van der Waals surface area contributed by atoms with Gasteiger partial charge in [-0.05, 0) is 77.2 Å². The SMILES string of the molecule is COC(=O)c1ccc(CCNc2cnnc3ccc(C(c4ccc(Cl)cc4)c4ccc(Cl)cc4)cc23)cc1. The van der Waals surface area contributed by atoms with Gasteiger partial charge in [0.05, 0.1) is 30.1 Å². The molecule has 7 heteroatoms. The number of ether oxygens (including phenoxy) is 1. The van der Waals surface area contributed by atoms with Crippen LogP contribution >= 0.6 is 23.2 Å². The van der Waals surface area contributed by atoms with Crippen LogP contribution in [0.25, 0.3) is 10.9 Å². The molecule has 0 unspecified atom stereocenters. The van der Waals surface area contributed by atoms with E-state index in [0.29, 0.717) is 22.2 Å². The third-order valence-electron chi connectivity index (χ3n) is 6.51. The van der Waals surface area contributed by atoms with Crippen LogP contribution in [0.1, 0.15) is 38.5 Å². The van der Waals surface area contributed by atoms with Crippen LogP contribution in [-0.4, -0.2) is 29.8 Å². The van der Waals surface area contributed by atoms with E-state index >= 15 is 0 Å². The van der Waals surface area contributed by atoms with E-state index in [1.807, 2.05) is 42.5 Å². The molecular weight excluding hydrogens is 517 g/mol. The van der Waals surface area contributed by atoms with E-state index in [-0.39, 0.29) is 11.9 Å². The molecule has 0 saturated carbocycles. The van der Waals surface area contributed by atoms with E-state index < -0.39 is 0 Å². The molecule has 5 aromatic rings. The van der Waals surface area contributed by atoms with Crippen molar-refractivity contribution < 1.29 is 9.53 Å². The number of benzene rings is 4. The van der Waals surface area contributed by atoms with Gasteiger partial charge in [-0.3, -0.25) is 0 Å². The number of hydrogen-bond donors (Lipinski definition) is 1. The van der Waals surface area contributed by atoms with E-state index in [4.69, 9.17) is 27.9 Å². The molecule has 0 aliphatic carbocycles. The Morgan fingerprint density at radius 1 is 0.842 bits per heavy atom. The number of fused-ring (bicyclic) bond motifs is 1. The molecule has 1 heterocycles. The zero-order valence-corrected chi connectivity index (χ0v) is 22.2. The van der Waals surface area contributed by atoms with Gasteiger partial charge in [-0.2, -0.15) is 10.2 Å². The standard InChI is InChI=1S/C31H25Cl2N3O2/c1-38-31(37)23-4-2-20(3-5-23)16-17-34-29-19-35-36-28-15-10-24(18-27(28)29)30(21-6-11-25(32)12-7-21)22-8-13-26(33)14-9-22/h2-15,18-19,30H,16-17H2,1H3,(H,34,36). The molecular formula is C31H25Cl2N3O2. The highest BCUT2D eigenvalue weighted by molar-refractivity contribution is 6.30. The lowest BCUT2D eigenvalue weighted by molar-refractivity contribution is 0.0600. The largest absolute Gasteiger partial charge is 0.465 e. The molecule has 190 valence electrons. The van der Waals surface area contributed by atoms with Gasteiger partial charge in [-0.15, -0.1) is 0 Å². The Morgan fingerprint density at radius 2 is 1.45 bits per heavy atom. The van der Waals surface area contributed by atoms with Crippen molar-refractivity contribution in [1.29, 1.82) is 0 Å². The molecule has 38 heavy (non-hydrogen) atoms. The Kier molecular flexibility index (Phi) is 7.87. The fraction of sp³-hybridized carbons (Fsp3) is 0.129. The van der Waals surface area contributed by atoms with Crippen LogP contribution in [-0.2, 0) is 11.2 Å². The summed E-state index contributed by atoms with van der Waals surface area (Å²) in [4.78, 5) is 11.7. The summed E-state index contributed by atoms with van der Waals surface area (Å²) in [7, 11) is 1.38. The molecule has 5 nitrogen and oxygen atoms in total. The third-order valence-corrected chi connectivity index (χ3v) is 7.01. The van der Waals surface area contributed by atoms with E-state index in [1.165, 1.54) is 7.11 Å². The minimum Gasteiger partial charge on any atom is -0.465 e. The highest BCUT2D eigenvalue weighted by atomic mass is 35.5. The lowest BCUT2D eigenvalue weighted by Gasteiger charge is -2.20. The minimum absolute atomic E-state index is 0.0109. The number of methoxy groups -OCH3 is 1. The predicted octanol–water partition coefficient (Wildman–Crippen LogP) is 7.56. The highest BCUT2D eigenvalue weighted by Crippen LogP contribution is 2.35. The molecule has 0 fully saturated rings. The summed E-state index contributed by atoms with van der Waals surface area (Å²) in [5, 5.41) is 14.4. The van der Waals surface area contributed by atoms with Crippen LogP contribution in [0.5, 0.6) is 0 Å². The molecule has 0 saturated heterocycles. The van der Waals surface area contributed by atoms with Gasteiger partial charge in [-0.25, -0.2) is 4.79 Å². The molecule has 0 atom stereocenters. The van der Waals surface area contributed by atoms with Crippen molar-refractivity contribution in [1.82, 2.24) is 10.2 Å². The van der Waals surface area contributed by atoms with Crippen molar-refractivity contribution >= 4 is 45.8 Å². The molecule has 0 radical (unpaired) electrons. The number of nitrogens with one attached hydrogen (secondary N) is 1. The third kappa shape index (κ3) is 5.80. The number of rotatable bonds is 8. The second kappa shape index (κ2) is 11.6. The van der Waals surface area contributed by atoms with Gasteiger partial charge in [0.1, 0.15) is 0 Å². The van der Waals surface area contributed by atoms with Gasteiger partial charge in [0.2, 0.25) is 0 Å². The number of halogens is 2. The second-order valence-corrected chi connectivity index (χ2v) is 9.81. The number of aromatic nitrogens is 2. The van der Waals surface area contributed by atoms with Crippen molar-refractivity contribution in [2.75, 3.05) is 19.0 Å². The first kappa shape index (κ1) is 25.7. The first-order chi connectivity index (χ1) is 18.5. The smallest absolute Gasteiger partial charge is 0.337 e. The molecule has 0 spiro atoms. The predicted molar refractivity (Wildman–Crippen MR) is 153 cm³/mol. The van der Waals surface area contributed by atoms with Crippen LogP contribution in [0.3, 0.4) is 0 Å². The van der Waals surface area contributed by atoms with Gasteiger partial charge in [0.25, 0.3) is 0 Å². The maximum atomic E-state index is 11.7. The second-order valence-electron chi connectivity index (χ2n) is 8.94. The molecule has 0 bridgehead atoms. The van der Waals surface area contributed by atoms with Crippen LogP contribution in [0.2, 0.25) is 10.0 Å². The monoisotopic (exact) mass is 541 g/mol. The van der Waals surface area contributed by atoms with Gasteiger partial charge in [0, 0.05) is 27.9 Å². The Bertz CT molecular complexity index is 1510. The fourth-order valence-corrected chi connectivity index (χ4v) is 4.80. The van der Waals surface area contributed by atoms with E-state index in [9.17, 15) is 4.79 Å². The molecule has 4 aromatic carbocycles. The summed E-state index contributed by atoms with van der Waals surface area (Å²) >= 11 is 12.4. The summed E-state index contributed by atoms with van der Waals surface area (Å²) in [6, 6.07) is 29.6. The molecule has 0 aliphatic heterocycles. The van der Waals surface area contributed by atoms with Crippen LogP contribution < -0.4 is 5.32 Å².